The molecule has 1 heterocycles. The highest BCUT2D eigenvalue weighted by molar-refractivity contribution is 5.82. The summed E-state index contributed by atoms with van der Waals surface area (Å²) in [6, 6.07) is 7.01. The SMILES string of the molecule is CN(CC1COc2ccccc2O1)C(=O)C(N)C(C)(C)C. The summed E-state index contributed by atoms with van der Waals surface area (Å²) in [6.45, 7) is 6.76. The molecule has 0 spiro atoms. The van der Waals surface area contributed by atoms with Crippen LogP contribution in [-0.4, -0.2) is 43.2 Å². The van der Waals surface area contributed by atoms with Gasteiger partial charge in [-0.1, -0.05) is 32.9 Å². The Hall–Kier alpha value is -1.75. The molecular weight excluding hydrogens is 268 g/mol. The highest BCUT2D eigenvalue weighted by Gasteiger charge is 2.31. The number of nitrogens with two attached hydrogens (primary N) is 1. The molecule has 1 aliphatic rings. The molecule has 2 N–H and O–H groups in total. The van der Waals surface area contributed by atoms with E-state index in [9.17, 15) is 4.79 Å². The average Bonchev–Trinajstić information content (AvgIpc) is 2.44. The molecule has 0 bridgehead atoms. The predicted molar refractivity (Wildman–Crippen MR) is 81.4 cm³/mol. The van der Waals surface area contributed by atoms with Gasteiger partial charge < -0.3 is 20.1 Å². The lowest BCUT2D eigenvalue weighted by Gasteiger charge is -2.33. The Morgan fingerprint density at radius 2 is 2.00 bits per heavy atom. The molecule has 2 atom stereocenters. The molecule has 0 saturated heterocycles. The second-order valence-electron chi connectivity index (χ2n) is 6.56. The Morgan fingerprint density at radius 3 is 2.62 bits per heavy atom. The molecule has 2 unspecified atom stereocenters. The number of hydrogen-bond acceptors (Lipinski definition) is 4. The van der Waals surface area contributed by atoms with Crippen molar-refractivity contribution in [2.45, 2.75) is 32.9 Å². The second-order valence-corrected chi connectivity index (χ2v) is 6.56. The normalized spacial score (nSPS) is 19.0. The van der Waals surface area contributed by atoms with E-state index < -0.39 is 6.04 Å². The molecule has 0 fully saturated rings. The third-order valence-electron chi connectivity index (χ3n) is 3.62. The molecule has 1 aromatic rings. The lowest BCUT2D eigenvalue weighted by molar-refractivity contribution is -0.135. The lowest BCUT2D eigenvalue weighted by Crippen LogP contribution is -2.52. The van der Waals surface area contributed by atoms with Crippen LogP contribution in [-0.2, 0) is 4.79 Å². The molecule has 1 aliphatic heterocycles. The van der Waals surface area contributed by atoms with Crippen molar-refractivity contribution in [1.29, 1.82) is 0 Å². The summed E-state index contributed by atoms with van der Waals surface area (Å²) >= 11 is 0. The van der Waals surface area contributed by atoms with Gasteiger partial charge in [-0.3, -0.25) is 4.79 Å². The number of likely N-dealkylation sites (N-methyl/N-ethyl adjacent to an activating group) is 1. The van der Waals surface area contributed by atoms with E-state index in [2.05, 4.69) is 0 Å². The topological polar surface area (TPSA) is 64.8 Å². The molecule has 1 amide bonds. The Bertz CT molecular complexity index is 510. The van der Waals surface area contributed by atoms with E-state index >= 15 is 0 Å². The molecule has 0 radical (unpaired) electrons. The molecule has 21 heavy (non-hydrogen) atoms. The number of para-hydroxylation sites is 2. The Labute approximate surface area is 126 Å². The predicted octanol–water partition coefficient (Wildman–Crippen LogP) is 1.66. The Kier molecular flexibility index (Phi) is 4.42. The van der Waals surface area contributed by atoms with Crippen LogP contribution < -0.4 is 15.2 Å². The number of nitrogens with zero attached hydrogens (tertiary/aromatic N) is 1. The smallest absolute Gasteiger partial charge is 0.239 e. The highest BCUT2D eigenvalue weighted by Crippen LogP contribution is 2.31. The van der Waals surface area contributed by atoms with Crippen molar-refractivity contribution < 1.29 is 14.3 Å². The number of carbonyl (C=O) groups excluding carboxylic acids is 1. The third kappa shape index (κ3) is 3.67. The van der Waals surface area contributed by atoms with Gasteiger partial charge in [0.25, 0.3) is 0 Å². The van der Waals surface area contributed by atoms with Crippen molar-refractivity contribution >= 4 is 5.91 Å². The van der Waals surface area contributed by atoms with Crippen molar-refractivity contribution in [2.75, 3.05) is 20.2 Å². The van der Waals surface area contributed by atoms with Crippen molar-refractivity contribution in [1.82, 2.24) is 4.90 Å². The van der Waals surface area contributed by atoms with Gasteiger partial charge >= 0.3 is 0 Å². The summed E-state index contributed by atoms with van der Waals surface area (Å²) in [5.74, 6) is 1.38. The maximum atomic E-state index is 12.3. The van der Waals surface area contributed by atoms with Crippen LogP contribution >= 0.6 is 0 Å². The minimum atomic E-state index is -0.528. The fourth-order valence-electron chi connectivity index (χ4n) is 2.16. The van der Waals surface area contributed by atoms with Gasteiger partial charge in [0, 0.05) is 7.05 Å². The molecule has 0 aliphatic carbocycles. The standard InChI is InChI=1S/C16H24N2O3/c1-16(2,3)14(17)15(19)18(4)9-11-10-20-12-7-5-6-8-13(12)21-11/h5-8,11,14H,9-10,17H2,1-4H3. The van der Waals surface area contributed by atoms with Crippen molar-refractivity contribution in [2.24, 2.45) is 11.1 Å². The number of benzene rings is 1. The zero-order valence-corrected chi connectivity index (χ0v) is 13.1. The van der Waals surface area contributed by atoms with Gasteiger partial charge in [-0.2, -0.15) is 0 Å². The highest BCUT2D eigenvalue weighted by atomic mass is 16.6. The largest absolute Gasteiger partial charge is 0.486 e. The van der Waals surface area contributed by atoms with Crippen LogP contribution in [0, 0.1) is 5.41 Å². The number of hydrogen-bond donors (Lipinski definition) is 1. The number of fused-ring (bicyclic) bond motifs is 1. The van der Waals surface area contributed by atoms with Gasteiger partial charge in [0.1, 0.15) is 6.61 Å². The fourth-order valence-corrected chi connectivity index (χ4v) is 2.16. The van der Waals surface area contributed by atoms with Crippen LogP contribution in [0.1, 0.15) is 20.8 Å². The summed E-state index contributed by atoms with van der Waals surface area (Å²) in [5.41, 5.74) is 5.75. The summed E-state index contributed by atoms with van der Waals surface area (Å²) in [4.78, 5) is 13.9. The van der Waals surface area contributed by atoms with E-state index in [1.807, 2.05) is 45.0 Å². The Morgan fingerprint density at radius 1 is 1.38 bits per heavy atom. The van der Waals surface area contributed by atoms with E-state index in [1.54, 1.807) is 11.9 Å². The molecule has 0 aromatic heterocycles. The lowest BCUT2D eigenvalue weighted by atomic mass is 9.86. The first-order chi connectivity index (χ1) is 9.79. The zero-order valence-electron chi connectivity index (χ0n) is 13.1. The van der Waals surface area contributed by atoms with Gasteiger partial charge in [0.05, 0.1) is 12.6 Å². The van der Waals surface area contributed by atoms with Gasteiger partial charge in [-0.05, 0) is 17.5 Å². The van der Waals surface area contributed by atoms with E-state index in [1.165, 1.54) is 0 Å². The van der Waals surface area contributed by atoms with Crippen molar-refractivity contribution in [3.63, 3.8) is 0 Å². The second kappa shape index (κ2) is 5.93. The van der Waals surface area contributed by atoms with Crippen LogP contribution in [0.5, 0.6) is 11.5 Å². The van der Waals surface area contributed by atoms with E-state index in [4.69, 9.17) is 15.2 Å². The summed E-state index contributed by atoms with van der Waals surface area (Å²) in [6.07, 6.45) is -0.180. The minimum Gasteiger partial charge on any atom is -0.486 e. The first-order valence-corrected chi connectivity index (χ1v) is 7.18. The minimum absolute atomic E-state index is 0.0787. The molecular formula is C16H24N2O3. The van der Waals surface area contributed by atoms with Gasteiger partial charge in [0.15, 0.2) is 17.6 Å². The molecule has 2 rings (SSSR count). The van der Waals surface area contributed by atoms with Gasteiger partial charge in [-0.15, -0.1) is 0 Å². The maximum absolute atomic E-state index is 12.3. The van der Waals surface area contributed by atoms with Gasteiger partial charge in [-0.25, -0.2) is 0 Å². The fraction of sp³-hybridized carbons (Fsp3) is 0.562. The third-order valence-corrected chi connectivity index (χ3v) is 3.62. The Balaban J connectivity index is 1.95. The molecule has 1 aromatic carbocycles. The van der Waals surface area contributed by atoms with Crippen molar-refractivity contribution in [3.8, 4) is 11.5 Å². The number of rotatable bonds is 3. The quantitative estimate of drug-likeness (QED) is 0.920. The van der Waals surface area contributed by atoms with E-state index in [-0.39, 0.29) is 17.4 Å². The van der Waals surface area contributed by atoms with Crippen LogP contribution in [0.2, 0.25) is 0 Å². The summed E-state index contributed by atoms with van der Waals surface area (Å²) in [7, 11) is 1.75. The first kappa shape index (κ1) is 15.6. The zero-order chi connectivity index (χ0) is 15.6. The first-order valence-electron chi connectivity index (χ1n) is 7.18. The molecule has 5 heteroatoms. The number of carbonyl (C=O) groups is 1. The molecule has 0 saturated carbocycles. The monoisotopic (exact) mass is 292 g/mol. The molecule has 5 nitrogen and oxygen atoms in total. The van der Waals surface area contributed by atoms with Gasteiger partial charge in [0.2, 0.25) is 5.91 Å². The van der Waals surface area contributed by atoms with Crippen LogP contribution in [0.15, 0.2) is 24.3 Å². The van der Waals surface area contributed by atoms with E-state index in [0.29, 0.717) is 13.2 Å². The summed E-state index contributed by atoms with van der Waals surface area (Å²) in [5, 5.41) is 0. The number of ether oxygens (including phenoxy) is 2. The van der Waals surface area contributed by atoms with E-state index in [0.717, 1.165) is 11.5 Å². The van der Waals surface area contributed by atoms with Crippen molar-refractivity contribution in [3.05, 3.63) is 24.3 Å². The number of amides is 1. The summed E-state index contributed by atoms with van der Waals surface area (Å²) < 4.78 is 11.5. The van der Waals surface area contributed by atoms with Crippen LogP contribution in [0.4, 0.5) is 0 Å². The molecule has 116 valence electrons. The van der Waals surface area contributed by atoms with Crippen LogP contribution in [0.3, 0.4) is 0 Å². The average molecular weight is 292 g/mol. The maximum Gasteiger partial charge on any atom is 0.239 e. The van der Waals surface area contributed by atoms with Crippen LogP contribution in [0.25, 0.3) is 0 Å².